The van der Waals surface area contributed by atoms with Crippen molar-refractivity contribution in [3.63, 3.8) is 0 Å². The molecule has 0 bridgehead atoms. The maximum atomic E-state index is 13.9. The number of fused-ring (bicyclic) bond motifs is 3. The Labute approximate surface area is 223 Å². The average molecular weight is 616 g/mol. The monoisotopic (exact) mass is 614 g/mol. The lowest BCUT2D eigenvalue weighted by Gasteiger charge is -2.52. The molecular weight excluding hydrogens is 595 g/mol. The molecule has 0 aromatic heterocycles. The van der Waals surface area contributed by atoms with Gasteiger partial charge in [-0.3, -0.25) is 9.59 Å². The van der Waals surface area contributed by atoms with Crippen LogP contribution >= 0.6 is 43.6 Å². The fourth-order valence-corrected chi connectivity index (χ4v) is 8.88. The van der Waals surface area contributed by atoms with Crippen molar-refractivity contribution in [2.24, 2.45) is 11.8 Å². The van der Waals surface area contributed by atoms with Crippen LogP contribution in [0.3, 0.4) is 0 Å². The number of hydrogen-bond acceptors (Lipinski definition) is 3. The second kappa shape index (κ2) is 8.75. The molecule has 4 atom stereocenters. The first-order chi connectivity index (χ1) is 16.9. The van der Waals surface area contributed by atoms with Crippen LogP contribution in [-0.4, -0.2) is 24.1 Å². The Bertz CT molecular complexity index is 1330. The van der Waals surface area contributed by atoms with Gasteiger partial charge in [-0.15, -0.1) is 11.8 Å². The van der Waals surface area contributed by atoms with Crippen molar-refractivity contribution in [1.82, 2.24) is 0 Å². The predicted molar refractivity (Wildman–Crippen MR) is 144 cm³/mol. The van der Waals surface area contributed by atoms with E-state index in [0.29, 0.717) is 18.7 Å². The molecule has 0 radical (unpaired) electrons. The Balaban J connectivity index is 1.51. The second-order valence-electron chi connectivity index (χ2n) is 9.30. The molecule has 0 unspecified atom stereocenters. The number of carbonyl (C=O) groups is 2. The lowest BCUT2D eigenvalue weighted by Crippen LogP contribution is -2.55. The van der Waals surface area contributed by atoms with Crippen molar-refractivity contribution < 1.29 is 14.0 Å². The van der Waals surface area contributed by atoms with Crippen molar-refractivity contribution >= 4 is 66.8 Å². The molecule has 8 heteroatoms. The van der Waals surface area contributed by atoms with E-state index in [1.54, 1.807) is 28.8 Å². The number of rotatable bonds is 2. The van der Waals surface area contributed by atoms with Gasteiger partial charge in [-0.2, -0.15) is 0 Å². The SMILES string of the molecule is O=C1C[C@@H]2CS[C@]3(C(=O)Nc4cccc(Br)c43)[C@H](c3ccc(Br)cc3)[C@H]2CN1c1ccc(F)cc1. The summed E-state index contributed by atoms with van der Waals surface area (Å²) in [6.07, 6.45) is 0.405. The Kier molecular flexibility index (Phi) is 5.81. The molecule has 3 aromatic rings. The van der Waals surface area contributed by atoms with Gasteiger partial charge in [-0.25, -0.2) is 4.39 Å². The molecule has 4 nitrogen and oxygen atoms in total. The number of thioether (sulfide) groups is 1. The maximum absolute atomic E-state index is 13.9. The summed E-state index contributed by atoms with van der Waals surface area (Å²) < 4.78 is 14.7. The third-order valence-corrected chi connectivity index (χ3v) is 10.3. The van der Waals surface area contributed by atoms with E-state index in [4.69, 9.17) is 0 Å². The van der Waals surface area contributed by atoms with Gasteiger partial charge < -0.3 is 10.2 Å². The van der Waals surface area contributed by atoms with Crippen LogP contribution in [0.15, 0.2) is 75.7 Å². The Morgan fingerprint density at radius 1 is 1.00 bits per heavy atom. The summed E-state index contributed by atoms with van der Waals surface area (Å²) in [5, 5.41) is 3.14. The van der Waals surface area contributed by atoms with Crippen LogP contribution in [0, 0.1) is 17.7 Å². The smallest absolute Gasteiger partial charge is 0.245 e. The van der Waals surface area contributed by atoms with E-state index in [1.165, 1.54) is 12.1 Å². The maximum Gasteiger partial charge on any atom is 0.245 e. The Morgan fingerprint density at radius 3 is 2.49 bits per heavy atom. The molecule has 6 rings (SSSR count). The van der Waals surface area contributed by atoms with E-state index in [2.05, 4.69) is 49.3 Å². The average Bonchev–Trinajstić information content (AvgIpc) is 3.13. The summed E-state index contributed by atoms with van der Waals surface area (Å²) in [5.74, 6) is 0.444. The fraction of sp³-hybridized carbons (Fsp3) is 0.259. The summed E-state index contributed by atoms with van der Waals surface area (Å²) in [4.78, 5) is 28.8. The highest BCUT2D eigenvalue weighted by Gasteiger charge is 2.61. The summed E-state index contributed by atoms with van der Waals surface area (Å²) in [7, 11) is 0. The van der Waals surface area contributed by atoms with E-state index in [9.17, 15) is 14.0 Å². The third-order valence-electron chi connectivity index (χ3n) is 7.47. The zero-order valence-corrected chi connectivity index (χ0v) is 22.5. The van der Waals surface area contributed by atoms with Crippen LogP contribution in [0.1, 0.15) is 23.5 Å². The molecule has 178 valence electrons. The van der Waals surface area contributed by atoms with Crippen LogP contribution in [0.2, 0.25) is 0 Å². The first kappa shape index (κ1) is 23.3. The molecule has 2 fully saturated rings. The fourth-order valence-electron chi connectivity index (χ4n) is 5.93. The highest BCUT2D eigenvalue weighted by Crippen LogP contribution is 2.64. The molecule has 0 saturated carbocycles. The molecule has 3 aliphatic rings. The molecule has 3 heterocycles. The summed E-state index contributed by atoms with van der Waals surface area (Å²) in [5.41, 5.74) is 3.57. The van der Waals surface area contributed by atoms with Gasteiger partial charge in [0.05, 0.1) is 0 Å². The normalized spacial score (nSPS) is 27.5. The van der Waals surface area contributed by atoms with Crippen molar-refractivity contribution in [3.8, 4) is 0 Å². The van der Waals surface area contributed by atoms with Crippen LogP contribution in [0.25, 0.3) is 0 Å². The number of benzene rings is 3. The zero-order chi connectivity index (χ0) is 24.3. The van der Waals surface area contributed by atoms with Crippen LogP contribution in [0.5, 0.6) is 0 Å². The molecule has 2 saturated heterocycles. The highest BCUT2D eigenvalue weighted by molar-refractivity contribution is 9.10. The number of carbonyl (C=O) groups excluding carboxylic acids is 2. The standard InChI is InChI=1S/C27H21Br2FN2O2S/c28-17-6-4-15(5-7-17)24-20-13-32(19-10-8-18(30)9-11-19)23(33)12-16(20)14-35-27(24)25-21(29)2-1-3-22(25)31-26(27)34/h1-11,16,20,24H,12-14H2,(H,31,34)/t16-,20+,24-,27-/m1/s1. The number of nitrogens with one attached hydrogen (secondary N) is 1. The van der Waals surface area contributed by atoms with Crippen LogP contribution in [-0.2, 0) is 14.3 Å². The van der Waals surface area contributed by atoms with E-state index in [1.807, 2.05) is 30.3 Å². The second-order valence-corrected chi connectivity index (χ2v) is 12.3. The number of nitrogens with zero attached hydrogens (tertiary/aromatic N) is 1. The van der Waals surface area contributed by atoms with Gasteiger partial charge >= 0.3 is 0 Å². The lowest BCUT2D eigenvalue weighted by atomic mass is 9.66. The molecule has 1 spiro atoms. The van der Waals surface area contributed by atoms with Crippen molar-refractivity contribution in [1.29, 1.82) is 0 Å². The molecule has 0 aliphatic carbocycles. The zero-order valence-electron chi connectivity index (χ0n) is 18.5. The number of amides is 2. The molecule has 3 aromatic carbocycles. The summed E-state index contributed by atoms with van der Waals surface area (Å²) in [6.45, 7) is 0.477. The summed E-state index contributed by atoms with van der Waals surface area (Å²) in [6, 6.07) is 20.1. The van der Waals surface area contributed by atoms with Crippen molar-refractivity contribution in [3.05, 3.63) is 92.6 Å². The minimum absolute atomic E-state index is 0.0130. The van der Waals surface area contributed by atoms with Gasteiger partial charge in [-0.05, 0) is 71.7 Å². The van der Waals surface area contributed by atoms with E-state index >= 15 is 0 Å². The van der Waals surface area contributed by atoms with E-state index in [0.717, 1.165) is 31.5 Å². The lowest BCUT2D eigenvalue weighted by molar-refractivity contribution is -0.122. The minimum atomic E-state index is -0.820. The molecule has 35 heavy (non-hydrogen) atoms. The number of halogens is 3. The Morgan fingerprint density at radius 2 is 1.74 bits per heavy atom. The molecule has 3 aliphatic heterocycles. The molecule has 1 N–H and O–H groups in total. The van der Waals surface area contributed by atoms with Gasteiger partial charge in [0.15, 0.2) is 0 Å². The van der Waals surface area contributed by atoms with Crippen LogP contribution < -0.4 is 10.2 Å². The first-order valence-electron chi connectivity index (χ1n) is 11.4. The van der Waals surface area contributed by atoms with Gasteiger partial charge in [0.1, 0.15) is 10.6 Å². The highest BCUT2D eigenvalue weighted by atomic mass is 79.9. The van der Waals surface area contributed by atoms with E-state index in [-0.39, 0.29) is 35.4 Å². The van der Waals surface area contributed by atoms with Crippen molar-refractivity contribution in [2.45, 2.75) is 17.1 Å². The van der Waals surface area contributed by atoms with E-state index < -0.39 is 4.75 Å². The third kappa shape index (κ3) is 3.67. The largest absolute Gasteiger partial charge is 0.324 e. The predicted octanol–water partition coefficient (Wildman–Crippen LogP) is 6.70. The van der Waals surface area contributed by atoms with Gasteiger partial charge in [0.25, 0.3) is 0 Å². The van der Waals surface area contributed by atoms with Gasteiger partial charge in [0.2, 0.25) is 11.8 Å². The van der Waals surface area contributed by atoms with Gasteiger partial charge in [-0.1, -0.05) is 50.1 Å². The topological polar surface area (TPSA) is 49.4 Å². The Hall–Kier alpha value is -2.16. The minimum Gasteiger partial charge on any atom is -0.324 e. The number of hydrogen-bond donors (Lipinski definition) is 1. The molecule has 2 amide bonds. The number of piperidine rings is 1. The van der Waals surface area contributed by atoms with Crippen LogP contribution in [0.4, 0.5) is 15.8 Å². The molecular formula is C27H21Br2FN2O2S. The summed E-state index contributed by atoms with van der Waals surface area (Å²) >= 11 is 8.94. The first-order valence-corrected chi connectivity index (χ1v) is 14.0. The van der Waals surface area contributed by atoms with Gasteiger partial charge in [0, 0.05) is 44.8 Å². The van der Waals surface area contributed by atoms with Crippen molar-refractivity contribution in [2.75, 3.05) is 22.5 Å². The quantitative estimate of drug-likeness (QED) is 0.349. The number of anilines is 2.